The van der Waals surface area contributed by atoms with Gasteiger partial charge in [0.2, 0.25) is 0 Å². The fourth-order valence-electron chi connectivity index (χ4n) is 1.77. The smallest absolute Gasteiger partial charge is 0.493 e. The zero-order chi connectivity index (χ0) is 13.8. The van der Waals surface area contributed by atoms with Crippen molar-refractivity contribution < 1.29 is 69.1 Å². The van der Waals surface area contributed by atoms with E-state index in [1.807, 2.05) is 0 Å². The summed E-state index contributed by atoms with van der Waals surface area (Å²) in [5.74, 6) is 1.00. The van der Waals surface area contributed by atoms with Crippen molar-refractivity contribution in [3.63, 3.8) is 0 Å². The standard InChI is InChI=1S/C13H19BF3O.K/c1-4-11(5-2)9-18-13-7-6-12(8-10(13)3)14(15,16)17;/h6-8,11H,4-5,9H2,1-3H3;/q-1;+1. The zero-order valence-corrected chi connectivity index (χ0v) is 15.2. The van der Waals surface area contributed by atoms with Crippen LogP contribution in [0.25, 0.3) is 0 Å². The molecule has 0 saturated carbocycles. The Kier molecular flexibility index (Phi) is 8.96. The van der Waals surface area contributed by atoms with Gasteiger partial charge in [0.05, 0.1) is 6.61 Å². The van der Waals surface area contributed by atoms with E-state index in [2.05, 4.69) is 13.8 Å². The average molecular weight is 298 g/mol. The van der Waals surface area contributed by atoms with Crippen LogP contribution in [0.4, 0.5) is 12.9 Å². The molecule has 0 aliphatic rings. The first kappa shape index (κ1) is 19.5. The normalized spacial score (nSPS) is 11.3. The second-order valence-corrected chi connectivity index (χ2v) is 4.59. The van der Waals surface area contributed by atoms with Crippen LogP contribution in [0.15, 0.2) is 18.2 Å². The van der Waals surface area contributed by atoms with Gasteiger partial charge in [-0.2, -0.15) is 0 Å². The average Bonchev–Trinajstić information content (AvgIpc) is 2.30. The molecule has 0 aliphatic heterocycles. The summed E-state index contributed by atoms with van der Waals surface area (Å²) in [7, 11) is 0. The van der Waals surface area contributed by atoms with E-state index in [-0.39, 0.29) is 51.4 Å². The van der Waals surface area contributed by atoms with E-state index >= 15 is 0 Å². The molecular weight excluding hydrogens is 279 g/mol. The van der Waals surface area contributed by atoms with Gasteiger partial charge in [-0.1, -0.05) is 38.8 Å². The Balaban J connectivity index is 0.00000324. The van der Waals surface area contributed by atoms with Crippen molar-refractivity contribution >= 4 is 12.4 Å². The summed E-state index contributed by atoms with van der Waals surface area (Å²) in [5.41, 5.74) is -0.0277. The second-order valence-electron chi connectivity index (χ2n) is 4.59. The van der Waals surface area contributed by atoms with Crippen LogP contribution in [0, 0.1) is 12.8 Å². The van der Waals surface area contributed by atoms with Crippen molar-refractivity contribution in [3.05, 3.63) is 23.8 Å². The molecule has 0 unspecified atom stereocenters. The summed E-state index contributed by atoms with van der Waals surface area (Å²) in [6.45, 7) is 1.45. The van der Waals surface area contributed by atoms with Gasteiger partial charge in [-0.15, -0.1) is 5.46 Å². The Morgan fingerprint density at radius 1 is 1.16 bits per heavy atom. The largest absolute Gasteiger partial charge is 1.00 e. The Bertz CT molecular complexity index is 392. The molecule has 102 valence electrons. The SMILES string of the molecule is CCC(CC)COc1ccc([B-](F)(F)F)cc1C.[K+]. The summed E-state index contributed by atoms with van der Waals surface area (Å²) in [6, 6.07) is 3.67. The summed E-state index contributed by atoms with van der Waals surface area (Å²) >= 11 is 0. The molecule has 6 heteroatoms. The summed E-state index contributed by atoms with van der Waals surface area (Å²) in [6.07, 6.45) is 2.03. The van der Waals surface area contributed by atoms with Crippen LogP contribution in [0.3, 0.4) is 0 Å². The molecule has 1 aromatic carbocycles. The first-order chi connectivity index (χ1) is 8.38. The van der Waals surface area contributed by atoms with Crippen LogP contribution in [0.2, 0.25) is 0 Å². The van der Waals surface area contributed by atoms with Gasteiger partial charge in [-0.3, -0.25) is 0 Å². The van der Waals surface area contributed by atoms with E-state index in [0.29, 0.717) is 23.8 Å². The summed E-state index contributed by atoms with van der Waals surface area (Å²) in [5, 5.41) is 0. The molecule has 0 atom stereocenters. The van der Waals surface area contributed by atoms with Gasteiger partial charge >= 0.3 is 58.4 Å². The summed E-state index contributed by atoms with van der Waals surface area (Å²) in [4.78, 5) is 0. The zero-order valence-electron chi connectivity index (χ0n) is 12.1. The van der Waals surface area contributed by atoms with Gasteiger partial charge in [0.15, 0.2) is 0 Å². The molecule has 0 aliphatic carbocycles. The molecule has 1 rings (SSSR count). The van der Waals surface area contributed by atoms with Gasteiger partial charge in [0.25, 0.3) is 0 Å². The predicted molar refractivity (Wildman–Crippen MR) is 69.5 cm³/mol. The predicted octanol–water partition coefficient (Wildman–Crippen LogP) is 0.868. The van der Waals surface area contributed by atoms with E-state index in [9.17, 15) is 12.9 Å². The number of hydrogen-bond acceptors (Lipinski definition) is 1. The number of ether oxygens (including phenoxy) is 1. The molecular formula is C13H19BF3KO. The molecule has 0 aromatic heterocycles. The first-order valence-corrected chi connectivity index (χ1v) is 6.31. The minimum absolute atomic E-state index is 0. The third kappa shape index (κ3) is 6.21. The van der Waals surface area contributed by atoms with Crippen molar-refractivity contribution in [2.45, 2.75) is 33.6 Å². The third-order valence-electron chi connectivity index (χ3n) is 3.21. The van der Waals surface area contributed by atoms with Crippen molar-refractivity contribution in [2.75, 3.05) is 6.61 Å². The minimum Gasteiger partial charge on any atom is -0.493 e. The van der Waals surface area contributed by atoms with Crippen LogP contribution in [-0.4, -0.2) is 13.6 Å². The van der Waals surface area contributed by atoms with Crippen LogP contribution in [0.5, 0.6) is 5.75 Å². The maximum absolute atomic E-state index is 12.5. The number of rotatable bonds is 6. The molecule has 0 spiro atoms. The minimum atomic E-state index is -4.93. The maximum atomic E-state index is 12.5. The van der Waals surface area contributed by atoms with Crippen LogP contribution < -0.4 is 61.6 Å². The third-order valence-corrected chi connectivity index (χ3v) is 3.21. The van der Waals surface area contributed by atoms with Crippen molar-refractivity contribution in [2.24, 2.45) is 5.92 Å². The fraction of sp³-hybridized carbons (Fsp3) is 0.538. The van der Waals surface area contributed by atoms with Crippen molar-refractivity contribution in [1.29, 1.82) is 0 Å². The fourth-order valence-corrected chi connectivity index (χ4v) is 1.77. The van der Waals surface area contributed by atoms with Crippen LogP contribution in [0.1, 0.15) is 32.3 Å². The number of hydrogen-bond donors (Lipinski definition) is 0. The molecule has 1 nitrogen and oxygen atoms in total. The molecule has 19 heavy (non-hydrogen) atoms. The van der Waals surface area contributed by atoms with Crippen LogP contribution >= 0.6 is 0 Å². The van der Waals surface area contributed by atoms with E-state index in [1.165, 1.54) is 6.07 Å². The Hall–Kier alpha value is 0.511. The Labute approximate surface area is 155 Å². The quantitative estimate of drug-likeness (QED) is 0.708. The summed E-state index contributed by atoms with van der Waals surface area (Å²) < 4.78 is 43.2. The monoisotopic (exact) mass is 298 g/mol. The van der Waals surface area contributed by atoms with Gasteiger partial charge in [-0.25, -0.2) is 0 Å². The van der Waals surface area contributed by atoms with Gasteiger partial charge in [-0.05, 0) is 24.5 Å². The molecule has 0 fully saturated rings. The van der Waals surface area contributed by atoms with E-state index in [1.54, 1.807) is 6.92 Å². The number of halogens is 3. The Morgan fingerprint density at radius 3 is 2.16 bits per heavy atom. The molecule has 0 saturated heterocycles. The van der Waals surface area contributed by atoms with Crippen molar-refractivity contribution in [1.82, 2.24) is 0 Å². The maximum Gasteiger partial charge on any atom is 1.00 e. The molecule has 0 heterocycles. The Morgan fingerprint density at radius 2 is 1.74 bits per heavy atom. The number of aryl methyl sites for hydroxylation is 1. The molecule has 0 N–H and O–H groups in total. The first-order valence-electron chi connectivity index (χ1n) is 6.31. The molecule has 0 bridgehead atoms. The van der Waals surface area contributed by atoms with Gasteiger partial charge in [0.1, 0.15) is 5.75 Å². The molecule has 1 aromatic rings. The van der Waals surface area contributed by atoms with E-state index < -0.39 is 12.4 Å². The van der Waals surface area contributed by atoms with Crippen molar-refractivity contribution in [3.8, 4) is 5.75 Å². The second kappa shape index (κ2) is 8.72. The molecule has 0 radical (unpaired) electrons. The molecule has 0 amide bonds. The van der Waals surface area contributed by atoms with E-state index in [4.69, 9.17) is 4.74 Å². The van der Waals surface area contributed by atoms with Gasteiger partial charge in [0, 0.05) is 0 Å². The number of benzene rings is 1. The van der Waals surface area contributed by atoms with Gasteiger partial charge < -0.3 is 17.7 Å². The topological polar surface area (TPSA) is 9.23 Å². The van der Waals surface area contributed by atoms with Crippen LogP contribution in [-0.2, 0) is 0 Å². The van der Waals surface area contributed by atoms with E-state index in [0.717, 1.165) is 25.0 Å².